The van der Waals surface area contributed by atoms with Crippen molar-refractivity contribution in [2.45, 2.75) is 122 Å². The molecule has 180 valence electrons. The summed E-state index contributed by atoms with van der Waals surface area (Å²) in [6, 6.07) is 0. The molecular weight excluding hydrogens is 386 g/mol. The monoisotopic (exact) mass is 435 g/mol. The second-order valence-corrected chi connectivity index (χ2v) is 9.18. The topological polar surface area (TPSA) is 60.8 Å². The maximum atomic E-state index is 12.0. The van der Waals surface area contributed by atoms with Crippen molar-refractivity contribution in [2.24, 2.45) is 0 Å². The van der Waals surface area contributed by atoms with E-state index in [0.717, 1.165) is 32.2 Å². The maximum Gasteiger partial charge on any atom is 0.246 e. The van der Waals surface area contributed by atoms with Crippen LogP contribution in [0.1, 0.15) is 116 Å². The fourth-order valence-electron chi connectivity index (χ4n) is 4.25. The maximum absolute atomic E-state index is 12.0. The number of unbranched alkanes of at least 4 members (excludes halogenated alkanes) is 15. The Labute approximate surface area is 191 Å². The lowest BCUT2D eigenvalue weighted by Gasteiger charge is -2.29. The van der Waals surface area contributed by atoms with Gasteiger partial charge >= 0.3 is 0 Å². The number of likely N-dealkylation sites (tertiary alicyclic amines) is 1. The Morgan fingerprint density at radius 3 is 1.81 bits per heavy atom. The van der Waals surface area contributed by atoms with Crippen molar-refractivity contribution in [1.29, 1.82) is 0 Å². The van der Waals surface area contributed by atoms with Crippen LogP contribution >= 0.6 is 0 Å². The predicted octanol–water partition coefficient (Wildman–Crippen LogP) is 6.32. The van der Waals surface area contributed by atoms with Gasteiger partial charge in [-0.2, -0.15) is 0 Å². The van der Waals surface area contributed by atoms with E-state index in [4.69, 9.17) is 5.11 Å². The van der Waals surface area contributed by atoms with E-state index in [1.54, 1.807) is 11.0 Å². The van der Waals surface area contributed by atoms with Crippen LogP contribution in [0.2, 0.25) is 0 Å². The lowest BCUT2D eigenvalue weighted by molar-refractivity contribution is -0.128. The highest BCUT2D eigenvalue weighted by atomic mass is 16.3. The van der Waals surface area contributed by atoms with E-state index < -0.39 is 0 Å². The highest BCUT2D eigenvalue weighted by Gasteiger charge is 2.19. The van der Waals surface area contributed by atoms with Crippen molar-refractivity contribution in [3.05, 3.63) is 24.3 Å². The van der Waals surface area contributed by atoms with Gasteiger partial charge in [0.15, 0.2) is 0 Å². The quantitative estimate of drug-likeness (QED) is 0.142. The van der Waals surface area contributed by atoms with Crippen molar-refractivity contribution in [3.8, 4) is 0 Å². The Balaban J connectivity index is 1.80. The van der Waals surface area contributed by atoms with Crippen LogP contribution in [0, 0.1) is 0 Å². The van der Waals surface area contributed by atoms with Crippen LogP contribution in [0.25, 0.3) is 0 Å². The highest BCUT2D eigenvalue weighted by Crippen LogP contribution is 2.14. The lowest BCUT2D eigenvalue weighted by Crippen LogP contribution is -2.41. The number of carbonyl (C=O) groups is 1. The van der Waals surface area contributed by atoms with Gasteiger partial charge in [-0.1, -0.05) is 102 Å². The summed E-state index contributed by atoms with van der Waals surface area (Å²) in [4.78, 5) is 13.8. The molecule has 0 aromatic heterocycles. The Kier molecular flexibility index (Phi) is 18.7. The minimum Gasteiger partial charge on any atom is -0.396 e. The Morgan fingerprint density at radius 1 is 0.774 bits per heavy atom. The molecule has 4 nitrogen and oxygen atoms in total. The third-order valence-corrected chi connectivity index (χ3v) is 6.22. The third kappa shape index (κ3) is 17.1. The van der Waals surface area contributed by atoms with Gasteiger partial charge < -0.3 is 15.1 Å². The average molecular weight is 436 g/mol. The second kappa shape index (κ2) is 20.8. The minimum atomic E-state index is -0.356. The van der Waals surface area contributed by atoms with Crippen LogP contribution in [0.3, 0.4) is 0 Å². The molecule has 0 aromatic carbocycles. The summed E-state index contributed by atoms with van der Waals surface area (Å²) in [5.41, 5.74) is 0. The normalized spacial score (nSPS) is 17.2. The molecule has 1 heterocycles. The predicted molar refractivity (Wildman–Crippen MR) is 131 cm³/mol. The first kappa shape index (κ1) is 27.9. The van der Waals surface area contributed by atoms with Gasteiger partial charge in [-0.25, -0.2) is 0 Å². The number of hydrogen-bond acceptors (Lipinski definition) is 3. The molecule has 31 heavy (non-hydrogen) atoms. The van der Waals surface area contributed by atoms with E-state index in [1.165, 1.54) is 89.9 Å². The van der Waals surface area contributed by atoms with Crippen molar-refractivity contribution < 1.29 is 15.0 Å². The number of hydrogen-bond donors (Lipinski definition) is 2. The Bertz CT molecular complexity index is 475. The van der Waals surface area contributed by atoms with Crippen LogP contribution in [0.4, 0.5) is 0 Å². The third-order valence-electron chi connectivity index (χ3n) is 6.22. The zero-order chi connectivity index (χ0) is 22.4. The number of rotatable bonds is 19. The molecule has 0 unspecified atom stereocenters. The van der Waals surface area contributed by atoms with Crippen LogP contribution in [0.5, 0.6) is 0 Å². The average Bonchev–Trinajstić information content (AvgIpc) is 2.77. The molecule has 0 radical (unpaired) electrons. The van der Waals surface area contributed by atoms with Crippen LogP contribution in [-0.4, -0.2) is 46.8 Å². The smallest absolute Gasteiger partial charge is 0.246 e. The molecule has 1 amide bonds. The zero-order valence-corrected chi connectivity index (χ0v) is 20.0. The van der Waals surface area contributed by atoms with Gasteiger partial charge in [0, 0.05) is 25.8 Å². The molecule has 0 bridgehead atoms. The van der Waals surface area contributed by atoms with E-state index in [2.05, 4.69) is 6.08 Å². The molecule has 0 aromatic rings. The number of allylic oxidation sites excluding steroid dienone is 3. The van der Waals surface area contributed by atoms with Crippen molar-refractivity contribution in [2.75, 3.05) is 19.7 Å². The molecule has 2 N–H and O–H groups in total. The van der Waals surface area contributed by atoms with Gasteiger partial charge in [-0.3, -0.25) is 4.79 Å². The zero-order valence-electron chi connectivity index (χ0n) is 20.0. The van der Waals surface area contributed by atoms with E-state index in [-0.39, 0.29) is 12.0 Å². The molecule has 1 saturated heterocycles. The van der Waals surface area contributed by atoms with Gasteiger partial charge in [0.05, 0.1) is 6.10 Å². The summed E-state index contributed by atoms with van der Waals surface area (Å²) in [6.45, 7) is 1.58. The van der Waals surface area contributed by atoms with Crippen molar-refractivity contribution in [3.63, 3.8) is 0 Å². The van der Waals surface area contributed by atoms with Gasteiger partial charge in [-0.15, -0.1) is 0 Å². The summed E-state index contributed by atoms with van der Waals surface area (Å²) in [5.74, 6) is 0.0117. The molecule has 1 aliphatic heterocycles. The number of amides is 1. The van der Waals surface area contributed by atoms with Crippen molar-refractivity contribution in [1.82, 2.24) is 4.90 Å². The fraction of sp³-hybridized carbons (Fsp3) is 0.815. The number of piperidine rings is 1. The van der Waals surface area contributed by atoms with Crippen LogP contribution in [-0.2, 0) is 4.79 Å². The molecule has 1 rings (SSSR count). The van der Waals surface area contributed by atoms with Crippen molar-refractivity contribution >= 4 is 5.91 Å². The Hall–Kier alpha value is -1.13. The first-order chi connectivity index (χ1) is 15.2. The molecule has 0 spiro atoms. The van der Waals surface area contributed by atoms with E-state index in [0.29, 0.717) is 13.2 Å². The SMILES string of the molecule is O=C(/C=C\C=C/CCCCCCCCCCCCCCCCCO)N1CCC[C@@H](O)C1. The van der Waals surface area contributed by atoms with Crippen LogP contribution in [0.15, 0.2) is 24.3 Å². The summed E-state index contributed by atoms with van der Waals surface area (Å²) in [6.07, 6.45) is 29.8. The Morgan fingerprint density at radius 2 is 1.29 bits per heavy atom. The molecule has 1 atom stereocenters. The molecule has 4 heteroatoms. The molecule has 0 saturated carbocycles. The van der Waals surface area contributed by atoms with Gasteiger partial charge in [-0.05, 0) is 32.1 Å². The number of nitrogens with zero attached hydrogens (tertiary/aromatic N) is 1. The van der Waals surface area contributed by atoms with Gasteiger partial charge in [0.25, 0.3) is 0 Å². The second-order valence-electron chi connectivity index (χ2n) is 9.18. The van der Waals surface area contributed by atoms with Gasteiger partial charge in [0.2, 0.25) is 5.91 Å². The van der Waals surface area contributed by atoms with Gasteiger partial charge in [0.1, 0.15) is 0 Å². The standard InChI is InChI=1S/C27H49NO3/c29-24-19-17-15-13-11-9-7-5-3-1-2-4-6-8-10-12-14-16-18-22-27(31)28-23-20-21-26(30)25-28/h14,16,18,22,26,29-30H,1-13,15,17,19-21,23-25H2/b16-14-,22-18-/t26-/m1/s1. The summed E-state index contributed by atoms with van der Waals surface area (Å²) < 4.78 is 0. The lowest BCUT2D eigenvalue weighted by atomic mass is 10.0. The molecule has 1 aliphatic rings. The van der Waals surface area contributed by atoms with E-state index in [9.17, 15) is 9.90 Å². The summed E-state index contributed by atoms with van der Waals surface area (Å²) in [5, 5.41) is 18.4. The minimum absolute atomic E-state index is 0.0117. The highest BCUT2D eigenvalue weighted by molar-refractivity contribution is 5.87. The first-order valence-electron chi connectivity index (χ1n) is 13.1. The largest absolute Gasteiger partial charge is 0.396 e. The number of β-amino-alcohol motifs (C(OH)–C–C–N with tert-alkyl or cyclic N) is 1. The summed E-state index contributed by atoms with van der Waals surface area (Å²) >= 11 is 0. The summed E-state index contributed by atoms with van der Waals surface area (Å²) in [7, 11) is 0. The fourth-order valence-corrected chi connectivity index (χ4v) is 4.25. The number of aliphatic hydroxyl groups is 2. The molecular formula is C27H49NO3. The number of aliphatic hydroxyl groups excluding tert-OH is 2. The number of carbonyl (C=O) groups excluding carboxylic acids is 1. The van der Waals surface area contributed by atoms with Crippen LogP contribution < -0.4 is 0 Å². The van der Waals surface area contributed by atoms with E-state index >= 15 is 0 Å². The molecule has 0 aliphatic carbocycles. The van der Waals surface area contributed by atoms with E-state index in [1.807, 2.05) is 12.2 Å². The molecule has 1 fully saturated rings. The first-order valence-corrected chi connectivity index (χ1v) is 13.1.